The van der Waals surface area contributed by atoms with Gasteiger partial charge < -0.3 is 10.6 Å². The first kappa shape index (κ1) is 11.4. The first-order chi connectivity index (χ1) is 5.25. The third-order valence-corrected chi connectivity index (χ3v) is 1.94. The van der Waals surface area contributed by atoms with E-state index in [9.17, 15) is 4.79 Å². The summed E-state index contributed by atoms with van der Waals surface area (Å²) in [5.41, 5.74) is 5.26. The molecule has 0 fully saturated rings. The number of carbonyl (C=O) groups excluding carboxylic acids is 1. The van der Waals surface area contributed by atoms with Crippen molar-refractivity contribution in [2.24, 2.45) is 17.1 Å². The molecule has 0 aromatic rings. The van der Waals surface area contributed by atoms with Gasteiger partial charge >= 0.3 is 0 Å². The van der Waals surface area contributed by atoms with Crippen LogP contribution in [0.25, 0.3) is 0 Å². The first-order valence-electron chi connectivity index (χ1n) is 4.19. The number of primary amides is 1. The van der Waals surface area contributed by atoms with Crippen LogP contribution in [0.5, 0.6) is 0 Å². The van der Waals surface area contributed by atoms with Gasteiger partial charge in [-0.15, -0.1) is 0 Å². The van der Waals surface area contributed by atoms with E-state index in [4.69, 9.17) is 5.73 Å². The first-order valence-corrected chi connectivity index (χ1v) is 4.19. The second-order valence-corrected chi connectivity index (χ2v) is 4.58. The minimum atomic E-state index is -0.212. The second kappa shape index (κ2) is 3.90. The average Bonchev–Trinajstić information content (AvgIpc) is 1.79. The molecule has 0 spiro atoms. The van der Waals surface area contributed by atoms with Crippen LogP contribution in [0.15, 0.2) is 0 Å². The highest BCUT2D eigenvalue weighted by Gasteiger charge is 2.29. The van der Waals surface area contributed by atoms with Crippen molar-refractivity contribution in [2.75, 3.05) is 20.6 Å². The summed E-state index contributed by atoms with van der Waals surface area (Å²) >= 11 is 0. The zero-order chi connectivity index (χ0) is 9.94. The van der Waals surface area contributed by atoms with Crippen molar-refractivity contribution in [2.45, 2.75) is 20.8 Å². The van der Waals surface area contributed by atoms with E-state index in [1.807, 2.05) is 39.8 Å². The summed E-state index contributed by atoms with van der Waals surface area (Å²) in [4.78, 5) is 13.1. The van der Waals surface area contributed by atoms with E-state index in [1.165, 1.54) is 0 Å². The van der Waals surface area contributed by atoms with Crippen LogP contribution in [0.2, 0.25) is 0 Å². The minimum Gasteiger partial charge on any atom is -0.369 e. The van der Waals surface area contributed by atoms with Crippen LogP contribution in [0.3, 0.4) is 0 Å². The lowest BCUT2D eigenvalue weighted by Crippen LogP contribution is -2.40. The van der Waals surface area contributed by atoms with Gasteiger partial charge in [0.2, 0.25) is 5.91 Å². The highest BCUT2D eigenvalue weighted by molar-refractivity contribution is 5.77. The van der Waals surface area contributed by atoms with Crippen molar-refractivity contribution in [3.8, 4) is 0 Å². The molecule has 0 bridgehead atoms. The molecule has 0 heterocycles. The molecule has 0 aliphatic heterocycles. The van der Waals surface area contributed by atoms with E-state index in [0.717, 1.165) is 6.54 Å². The Morgan fingerprint density at radius 3 is 1.92 bits per heavy atom. The predicted octanol–water partition coefficient (Wildman–Crippen LogP) is 0.696. The maximum Gasteiger partial charge on any atom is 0.222 e. The number of carbonyl (C=O) groups is 1. The van der Waals surface area contributed by atoms with E-state index in [0.29, 0.717) is 0 Å². The second-order valence-electron chi connectivity index (χ2n) is 4.58. The van der Waals surface area contributed by atoms with E-state index >= 15 is 0 Å². The van der Waals surface area contributed by atoms with Crippen molar-refractivity contribution < 1.29 is 4.79 Å². The Bertz CT molecular complexity index is 158. The molecule has 1 unspecified atom stereocenters. The van der Waals surface area contributed by atoms with Gasteiger partial charge in [-0.25, -0.2) is 0 Å². The molecule has 0 aliphatic rings. The molecule has 3 nitrogen and oxygen atoms in total. The van der Waals surface area contributed by atoms with Gasteiger partial charge in [-0.3, -0.25) is 4.79 Å². The summed E-state index contributed by atoms with van der Waals surface area (Å²) in [6, 6.07) is 0. The fourth-order valence-electron chi connectivity index (χ4n) is 1.16. The third kappa shape index (κ3) is 3.72. The van der Waals surface area contributed by atoms with Gasteiger partial charge in [0, 0.05) is 6.54 Å². The van der Waals surface area contributed by atoms with Crippen molar-refractivity contribution in [3.05, 3.63) is 0 Å². The Kier molecular flexibility index (Phi) is 3.71. The van der Waals surface area contributed by atoms with Crippen LogP contribution in [0.1, 0.15) is 20.8 Å². The van der Waals surface area contributed by atoms with E-state index in [2.05, 4.69) is 0 Å². The largest absolute Gasteiger partial charge is 0.369 e. The Hall–Kier alpha value is -0.570. The number of hydrogen-bond donors (Lipinski definition) is 1. The van der Waals surface area contributed by atoms with Crippen molar-refractivity contribution in [3.63, 3.8) is 0 Å². The molecule has 3 heteroatoms. The standard InChI is InChI=1S/C9H20N2O/c1-9(2,3)7(8(10)12)6-11(4)5/h7H,6H2,1-5H3,(H2,10,12). The Morgan fingerprint density at radius 1 is 1.42 bits per heavy atom. The summed E-state index contributed by atoms with van der Waals surface area (Å²) in [6.07, 6.45) is 0. The monoisotopic (exact) mass is 172 g/mol. The summed E-state index contributed by atoms with van der Waals surface area (Å²) in [5, 5.41) is 0. The number of nitrogens with zero attached hydrogens (tertiary/aromatic N) is 1. The van der Waals surface area contributed by atoms with Crippen LogP contribution in [-0.4, -0.2) is 31.4 Å². The van der Waals surface area contributed by atoms with Gasteiger partial charge in [0.25, 0.3) is 0 Å². The summed E-state index contributed by atoms with van der Waals surface area (Å²) < 4.78 is 0. The SMILES string of the molecule is CN(C)CC(C(N)=O)C(C)(C)C. The molecular weight excluding hydrogens is 152 g/mol. The number of hydrogen-bond acceptors (Lipinski definition) is 2. The van der Waals surface area contributed by atoms with Crippen molar-refractivity contribution in [1.29, 1.82) is 0 Å². The normalized spacial score (nSPS) is 14.8. The average molecular weight is 172 g/mol. The van der Waals surface area contributed by atoms with Gasteiger partial charge in [-0.05, 0) is 19.5 Å². The molecule has 0 aliphatic carbocycles. The molecule has 2 N–H and O–H groups in total. The quantitative estimate of drug-likeness (QED) is 0.681. The molecule has 0 rings (SSSR count). The molecule has 0 aromatic heterocycles. The van der Waals surface area contributed by atoms with Crippen LogP contribution in [0.4, 0.5) is 0 Å². The Labute approximate surface area is 74.9 Å². The zero-order valence-electron chi connectivity index (χ0n) is 8.72. The fraction of sp³-hybridized carbons (Fsp3) is 0.889. The molecule has 0 saturated carbocycles. The maximum atomic E-state index is 11.1. The van der Waals surface area contributed by atoms with Crippen LogP contribution in [-0.2, 0) is 4.79 Å². The van der Waals surface area contributed by atoms with E-state index in [-0.39, 0.29) is 17.2 Å². The lowest BCUT2D eigenvalue weighted by atomic mass is 9.80. The zero-order valence-corrected chi connectivity index (χ0v) is 8.72. The molecule has 12 heavy (non-hydrogen) atoms. The molecular formula is C9H20N2O. The van der Waals surface area contributed by atoms with E-state index in [1.54, 1.807) is 0 Å². The van der Waals surface area contributed by atoms with E-state index < -0.39 is 0 Å². The predicted molar refractivity (Wildman–Crippen MR) is 50.7 cm³/mol. The smallest absolute Gasteiger partial charge is 0.222 e. The Morgan fingerprint density at radius 2 is 1.83 bits per heavy atom. The molecule has 72 valence electrons. The van der Waals surface area contributed by atoms with Crippen LogP contribution < -0.4 is 5.73 Å². The fourth-order valence-corrected chi connectivity index (χ4v) is 1.16. The number of amides is 1. The number of rotatable bonds is 3. The number of nitrogens with two attached hydrogens (primary N) is 1. The summed E-state index contributed by atoms with van der Waals surface area (Å²) in [5.74, 6) is -0.288. The van der Waals surface area contributed by atoms with Gasteiger partial charge in [0.05, 0.1) is 5.92 Å². The summed E-state index contributed by atoms with van der Waals surface area (Å²) in [7, 11) is 3.89. The molecule has 0 radical (unpaired) electrons. The van der Waals surface area contributed by atoms with Crippen LogP contribution >= 0.6 is 0 Å². The topological polar surface area (TPSA) is 46.3 Å². The maximum absolute atomic E-state index is 11.1. The lowest BCUT2D eigenvalue weighted by molar-refractivity contribution is -0.125. The van der Waals surface area contributed by atoms with Gasteiger partial charge in [-0.2, -0.15) is 0 Å². The molecule has 1 amide bonds. The minimum absolute atomic E-state index is 0.0455. The van der Waals surface area contributed by atoms with Crippen LogP contribution in [0, 0.1) is 11.3 Å². The van der Waals surface area contributed by atoms with Crippen molar-refractivity contribution >= 4 is 5.91 Å². The summed E-state index contributed by atoms with van der Waals surface area (Å²) in [6.45, 7) is 6.82. The molecule has 0 saturated heterocycles. The third-order valence-electron chi connectivity index (χ3n) is 1.94. The molecule has 0 aromatic carbocycles. The highest BCUT2D eigenvalue weighted by Crippen LogP contribution is 2.25. The lowest BCUT2D eigenvalue weighted by Gasteiger charge is -2.30. The molecule has 1 atom stereocenters. The van der Waals surface area contributed by atoms with Gasteiger partial charge in [0.1, 0.15) is 0 Å². The van der Waals surface area contributed by atoms with Gasteiger partial charge in [-0.1, -0.05) is 20.8 Å². The Balaban J connectivity index is 4.35. The van der Waals surface area contributed by atoms with Crippen molar-refractivity contribution in [1.82, 2.24) is 4.90 Å². The van der Waals surface area contributed by atoms with Gasteiger partial charge in [0.15, 0.2) is 0 Å². The highest BCUT2D eigenvalue weighted by atomic mass is 16.1.